The molecule has 1 amide bonds. The third kappa shape index (κ3) is 3.34. The number of amides is 1. The number of nitrogens with zero attached hydrogens (tertiary/aromatic N) is 4. The Hall–Kier alpha value is -2.62. The Labute approximate surface area is 128 Å². The first-order valence-electron chi connectivity index (χ1n) is 6.39. The molecular weight excluding hydrogens is 310 g/mol. The molecule has 0 radical (unpaired) electrons. The van der Waals surface area contributed by atoms with E-state index in [2.05, 4.69) is 15.5 Å². The van der Waals surface area contributed by atoms with Gasteiger partial charge in [0.2, 0.25) is 11.0 Å². The maximum Gasteiger partial charge on any atom is 0.334 e. The van der Waals surface area contributed by atoms with Gasteiger partial charge in [0.1, 0.15) is 11.6 Å². The van der Waals surface area contributed by atoms with Crippen LogP contribution in [0.1, 0.15) is 17.6 Å². The molecule has 0 saturated carbocycles. The molecule has 0 aliphatic heterocycles. The molecule has 2 aromatic heterocycles. The van der Waals surface area contributed by atoms with Crippen LogP contribution in [0.3, 0.4) is 0 Å². The number of aromatic nitrogens is 3. The van der Waals surface area contributed by atoms with Gasteiger partial charge in [-0.15, -0.1) is 10.2 Å². The molecule has 0 bridgehead atoms. The molecular formula is C12H13N5O4S. The molecule has 9 nitrogen and oxygen atoms in total. The monoisotopic (exact) mass is 323 g/mol. The highest BCUT2D eigenvalue weighted by Gasteiger charge is 2.18. The summed E-state index contributed by atoms with van der Waals surface area (Å²) >= 11 is 1.24. The minimum atomic E-state index is -0.813. The van der Waals surface area contributed by atoms with Crippen molar-refractivity contribution < 1.29 is 9.72 Å². The van der Waals surface area contributed by atoms with Crippen LogP contribution in [0.5, 0.6) is 0 Å². The van der Waals surface area contributed by atoms with E-state index in [1.807, 2.05) is 6.92 Å². The quantitative estimate of drug-likeness (QED) is 0.650. The van der Waals surface area contributed by atoms with Gasteiger partial charge in [0, 0.05) is 11.8 Å². The van der Waals surface area contributed by atoms with Crippen molar-refractivity contribution in [2.75, 3.05) is 5.32 Å². The Morgan fingerprint density at radius 1 is 1.45 bits per heavy atom. The fourth-order valence-electron chi connectivity index (χ4n) is 1.74. The molecule has 0 saturated heterocycles. The second kappa shape index (κ2) is 6.43. The van der Waals surface area contributed by atoms with E-state index < -0.39 is 22.1 Å². The number of aryl methyl sites for hydroxylation is 2. The van der Waals surface area contributed by atoms with Crippen molar-refractivity contribution >= 4 is 28.1 Å². The van der Waals surface area contributed by atoms with Gasteiger partial charge in [-0.25, -0.2) is 0 Å². The predicted octanol–water partition coefficient (Wildman–Crippen LogP) is 1.12. The van der Waals surface area contributed by atoms with Crippen molar-refractivity contribution in [3.8, 4) is 0 Å². The number of hydrogen-bond donors (Lipinski definition) is 1. The van der Waals surface area contributed by atoms with Gasteiger partial charge in [-0.3, -0.25) is 29.6 Å². The van der Waals surface area contributed by atoms with E-state index in [0.29, 0.717) is 17.2 Å². The minimum Gasteiger partial charge on any atom is -0.299 e. The van der Waals surface area contributed by atoms with Gasteiger partial charge in [0.25, 0.3) is 0 Å². The van der Waals surface area contributed by atoms with Crippen molar-refractivity contribution in [1.82, 2.24) is 14.8 Å². The summed E-state index contributed by atoms with van der Waals surface area (Å²) in [4.78, 5) is 34.0. The van der Waals surface area contributed by atoms with Gasteiger partial charge in [0.05, 0.1) is 4.92 Å². The molecule has 0 atom stereocenters. The van der Waals surface area contributed by atoms with Crippen molar-refractivity contribution in [2.45, 2.75) is 26.8 Å². The average Bonchev–Trinajstić information content (AvgIpc) is 2.90. The van der Waals surface area contributed by atoms with Crippen LogP contribution in [-0.4, -0.2) is 25.6 Å². The number of nitrogens with one attached hydrogen (secondary N) is 1. The normalized spacial score (nSPS) is 10.5. The summed E-state index contributed by atoms with van der Waals surface area (Å²) in [5.74, 6) is -0.496. The predicted molar refractivity (Wildman–Crippen MR) is 80.0 cm³/mol. The van der Waals surface area contributed by atoms with Gasteiger partial charge in [0.15, 0.2) is 0 Å². The molecule has 116 valence electrons. The fraction of sp³-hybridized carbons (Fsp3) is 0.333. The van der Waals surface area contributed by atoms with Gasteiger partial charge in [-0.1, -0.05) is 18.3 Å². The number of anilines is 1. The molecule has 1 N–H and O–H groups in total. The maximum atomic E-state index is 12.0. The smallest absolute Gasteiger partial charge is 0.299 e. The standard InChI is InChI=1S/C12H13N5O4S/c1-3-10-14-15-12(22-10)13-9(18)6-16-7(2)4-5-8(11(16)19)17(20)21/h4-5H,3,6H2,1-2H3,(H,13,15,18). The lowest BCUT2D eigenvalue weighted by Gasteiger charge is -2.08. The van der Waals surface area contributed by atoms with Crippen LogP contribution in [0.15, 0.2) is 16.9 Å². The van der Waals surface area contributed by atoms with E-state index in [1.54, 1.807) is 6.92 Å². The summed E-state index contributed by atoms with van der Waals surface area (Å²) in [6.45, 7) is 3.18. The summed E-state index contributed by atoms with van der Waals surface area (Å²) in [5.41, 5.74) is -0.925. The van der Waals surface area contributed by atoms with Gasteiger partial charge in [-0.05, 0) is 19.4 Å². The molecule has 2 rings (SSSR count). The van der Waals surface area contributed by atoms with Gasteiger partial charge >= 0.3 is 11.2 Å². The molecule has 0 aliphatic rings. The topological polar surface area (TPSA) is 120 Å². The molecule has 0 unspecified atom stereocenters. The van der Waals surface area contributed by atoms with E-state index in [0.717, 1.165) is 15.6 Å². The molecule has 0 aromatic carbocycles. The zero-order valence-electron chi connectivity index (χ0n) is 11.9. The van der Waals surface area contributed by atoms with E-state index in [9.17, 15) is 19.7 Å². The lowest BCUT2D eigenvalue weighted by molar-refractivity contribution is -0.386. The first-order chi connectivity index (χ1) is 10.4. The Kier molecular flexibility index (Phi) is 4.61. The summed E-state index contributed by atoms with van der Waals surface area (Å²) in [7, 11) is 0. The number of hydrogen-bond acceptors (Lipinski definition) is 7. The SMILES string of the molecule is CCc1nnc(NC(=O)Cn2c(C)ccc([N+](=O)[O-])c2=O)s1. The molecule has 0 spiro atoms. The average molecular weight is 323 g/mol. The summed E-state index contributed by atoms with van der Waals surface area (Å²) < 4.78 is 1.05. The highest BCUT2D eigenvalue weighted by Crippen LogP contribution is 2.15. The van der Waals surface area contributed by atoms with Gasteiger partial charge < -0.3 is 0 Å². The van der Waals surface area contributed by atoms with Crippen LogP contribution >= 0.6 is 11.3 Å². The number of pyridine rings is 1. The highest BCUT2D eigenvalue weighted by molar-refractivity contribution is 7.15. The lowest BCUT2D eigenvalue weighted by Crippen LogP contribution is -2.30. The zero-order valence-corrected chi connectivity index (χ0v) is 12.7. The third-order valence-electron chi connectivity index (χ3n) is 2.89. The van der Waals surface area contributed by atoms with E-state index in [-0.39, 0.29) is 6.54 Å². The Balaban J connectivity index is 2.19. The van der Waals surface area contributed by atoms with Crippen LogP contribution in [0.25, 0.3) is 0 Å². The second-order valence-corrected chi connectivity index (χ2v) is 5.47. The van der Waals surface area contributed by atoms with E-state index in [1.165, 1.54) is 17.4 Å². The Morgan fingerprint density at radius 3 is 2.77 bits per heavy atom. The molecule has 0 aliphatic carbocycles. The van der Waals surface area contributed by atoms with E-state index >= 15 is 0 Å². The van der Waals surface area contributed by atoms with Crippen LogP contribution in [0.2, 0.25) is 0 Å². The molecule has 22 heavy (non-hydrogen) atoms. The zero-order chi connectivity index (χ0) is 16.3. The Bertz CT molecular complexity index is 782. The van der Waals surface area contributed by atoms with Crippen LogP contribution in [0, 0.1) is 17.0 Å². The van der Waals surface area contributed by atoms with Crippen molar-refractivity contribution in [1.29, 1.82) is 0 Å². The first kappa shape index (κ1) is 15.8. The molecule has 2 aromatic rings. The molecule has 0 fully saturated rings. The summed E-state index contributed by atoms with van der Waals surface area (Å²) in [5, 5.41) is 22.1. The fourth-order valence-corrected chi connectivity index (χ4v) is 2.44. The number of rotatable bonds is 5. The lowest BCUT2D eigenvalue weighted by atomic mass is 10.3. The largest absolute Gasteiger partial charge is 0.334 e. The first-order valence-corrected chi connectivity index (χ1v) is 7.21. The van der Waals surface area contributed by atoms with Crippen molar-refractivity contribution in [2.24, 2.45) is 0 Å². The minimum absolute atomic E-state index is 0.326. The third-order valence-corrected chi connectivity index (χ3v) is 3.87. The summed E-state index contributed by atoms with van der Waals surface area (Å²) in [6, 6.07) is 2.55. The maximum absolute atomic E-state index is 12.0. The number of carbonyl (C=O) groups is 1. The second-order valence-electron chi connectivity index (χ2n) is 4.41. The highest BCUT2D eigenvalue weighted by atomic mass is 32.1. The van der Waals surface area contributed by atoms with Crippen LogP contribution in [-0.2, 0) is 17.8 Å². The molecule has 2 heterocycles. The number of carbonyl (C=O) groups excluding carboxylic acids is 1. The van der Waals surface area contributed by atoms with Crippen LogP contribution in [0.4, 0.5) is 10.8 Å². The molecule has 10 heteroatoms. The Morgan fingerprint density at radius 2 is 2.18 bits per heavy atom. The van der Waals surface area contributed by atoms with Gasteiger partial charge in [-0.2, -0.15) is 0 Å². The van der Waals surface area contributed by atoms with Crippen molar-refractivity contribution in [3.63, 3.8) is 0 Å². The van der Waals surface area contributed by atoms with Crippen molar-refractivity contribution in [3.05, 3.63) is 43.3 Å². The van der Waals surface area contributed by atoms with E-state index in [4.69, 9.17) is 0 Å². The summed E-state index contributed by atoms with van der Waals surface area (Å²) in [6.07, 6.45) is 0.705. The number of nitro groups is 1. The van der Waals surface area contributed by atoms with Crippen LogP contribution < -0.4 is 10.9 Å².